The van der Waals surface area contributed by atoms with E-state index in [-0.39, 0.29) is 25.0 Å². The summed E-state index contributed by atoms with van der Waals surface area (Å²) in [5, 5.41) is 17.5. The van der Waals surface area contributed by atoms with E-state index in [0.29, 0.717) is 5.56 Å². The number of sulfonamides is 1. The highest BCUT2D eigenvalue weighted by atomic mass is 32.2. The normalized spacial score (nSPS) is 12.8. The van der Waals surface area contributed by atoms with Gasteiger partial charge in [0, 0.05) is 6.42 Å². The Morgan fingerprint density at radius 3 is 2.29 bits per heavy atom. The quantitative estimate of drug-likeness (QED) is 0.620. The first kappa shape index (κ1) is 17.1. The fourth-order valence-electron chi connectivity index (χ4n) is 1.74. The minimum absolute atomic E-state index is 0.0738. The van der Waals surface area contributed by atoms with E-state index in [4.69, 9.17) is 10.2 Å². The predicted octanol–water partition coefficient (Wildman–Crippen LogP) is 0.814. The van der Waals surface area contributed by atoms with E-state index in [1.807, 2.05) is 0 Å². The van der Waals surface area contributed by atoms with E-state index in [9.17, 15) is 18.0 Å². The van der Waals surface area contributed by atoms with Crippen molar-refractivity contribution in [2.24, 2.45) is 0 Å². The number of carboxylic acids is 2. The van der Waals surface area contributed by atoms with E-state index in [2.05, 4.69) is 4.72 Å². The van der Waals surface area contributed by atoms with Gasteiger partial charge in [0.15, 0.2) is 0 Å². The second-order valence-electron chi connectivity index (χ2n) is 4.54. The topological polar surface area (TPSA) is 121 Å². The van der Waals surface area contributed by atoms with E-state index in [1.165, 1.54) is 0 Å². The predicted molar refractivity (Wildman–Crippen MR) is 75.1 cm³/mol. The van der Waals surface area contributed by atoms with Gasteiger partial charge in [-0.05, 0) is 18.4 Å². The van der Waals surface area contributed by atoms with Crippen LogP contribution >= 0.6 is 0 Å². The number of hydrogen-bond acceptors (Lipinski definition) is 4. The van der Waals surface area contributed by atoms with E-state index >= 15 is 0 Å². The molecular formula is C13H17NO6S. The van der Waals surface area contributed by atoms with Gasteiger partial charge in [-0.2, -0.15) is 0 Å². The lowest BCUT2D eigenvalue weighted by molar-refractivity contribution is -0.140. The molecule has 0 radical (unpaired) electrons. The van der Waals surface area contributed by atoms with Crippen LogP contribution in [0.2, 0.25) is 0 Å². The molecule has 7 nitrogen and oxygen atoms in total. The largest absolute Gasteiger partial charge is 0.481 e. The molecule has 21 heavy (non-hydrogen) atoms. The van der Waals surface area contributed by atoms with Crippen molar-refractivity contribution in [1.29, 1.82) is 0 Å². The summed E-state index contributed by atoms with van der Waals surface area (Å²) in [7, 11) is -3.81. The third kappa shape index (κ3) is 6.87. The first-order chi connectivity index (χ1) is 9.80. The number of aliphatic carboxylic acids is 2. The lowest BCUT2D eigenvalue weighted by Gasteiger charge is -2.14. The summed E-state index contributed by atoms with van der Waals surface area (Å²) in [5.74, 6) is -2.69. The Bertz CT molecular complexity index is 584. The molecule has 0 unspecified atom stereocenters. The number of nitrogens with one attached hydrogen (secondary N) is 1. The molecule has 0 aliphatic heterocycles. The average Bonchev–Trinajstić information content (AvgIpc) is 2.37. The molecule has 0 aromatic heterocycles. The monoisotopic (exact) mass is 315 g/mol. The number of carbonyl (C=O) groups is 2. The molecule has 1 aromatic rings. The van der Waals surface area contributed by atoms with Crippen molar-refractivity contribution in [2.75, 3.05) is 0 Å². The minimum Gasteiger partial charge on any atom is -0.481 e. The van der Waals surface area contributed by atoms with Gasteiger partial charge in [0.1, 0.15) is 6.04 Å². The standard InChI is InChI=1S/C13H17NO6S/c15-12(16)8-4-7-11(13(17)18)14-21(19,20)9-10-5-2-1-3-6-10/h1-3,5-6,11,14H,4,7-9H2,(H,15,16)(H,17,18)/t11-/m1/s1. The van der Waals surface area contributed by atoms with Crippen molar-refractivity contribution in [3.8, 4) is 0 Å². The molecule has 8 heteroatoms. The lowest BCUT2D eigenvalue weighted by Crippen LogP contribution is -2.41. The molecule has 116 valence electrons. The smallest absolute Gasteiger partial charge is 0.321 e. The summed E-state index contributed by atoms with van der Waals surface area (Å²) in [4.78, 5) is 21.4. The van der Waals surface area contributed by atoms with Crippen LogP contribution in [-0.2, 0) is 25.4 Å². The second kappa shape index (κ2) is 7.75. The SMILES string of the molecule is O=C(O)CCC[C@@H](NS(=O)(=O)Cc1ccccc1)C(=O)O. The van der Waals surface area contributed by atoms with Gasteiger partial charge in [-0.15, -0.1) is 0 Å². The molecule has 0 amide bonds. The van der Waals surface area contributed by atoms with Crippen molar-refractivity contribution in [1.82, 2.24) is 4.72 Å². The number of rotatable bonds is 9. The first-order valence-electron chi connectivity index (χ1n) is 6.28. The first-order valence-corrected chi connectivity index (χ1v) is 7.94. The Hall–Kier alpha value is -1.93. The summed E-state index contributed by atoms with van der Waals surface area (Å²) in [6.45, 7) is 0. The van der Waals surface area contributed by atoms with Gasteiger partial charge in [-0.3, -0.25) is 9.59 Å². The third-order valence-electron chi connectivity index (χ3n) is 2.70. The van der Waals surface area contributed by atoms with Crippen LogP contribution in [-0.4, -0.2) is 36.6 Å². The molecule has 1 rings (SSSR count). The maximum absolute atomic E-state index is 11.9. The van der Waals surface area contributed by atoms with E-state index in [0.717, 1.165) is 0 Å². The molecule has 0 saturated heterocycles. The molecule has 3 N–H and O–H groups in total. The van der Waals surface area contributed by atoms with E-state index < -0.39 is 28.0 Å². The Morgan fingerprint density at radius 1 is 1.14 bits per heavy atom. The van der Waals surface area contributed by atoms with Crippen LogP contribution in [0.1, 0.15) is 24.8 Å². The van der Waals surface area contributed by atoms with E-state index in [1.54, 1.807) is 30.3 Å². The fraction of sp³-hybridized carbons (Fsp3) is 0.385. The molecule has 0 heterocycles. The molecule has 1 aromatic carbocycles. The summed E-state index contributed by atoms with van der Waals surface area (Å²) < 4.78 is 25.9. The van der Waals surface area contributed by atoms with Gasteiger partial charge >= 0.3 is 11.9 Å². The molecule has 0 fully saturated rings. The van der Waals surface area contributed by atoms with Crippen molar-refractivity contribution in [2.45, 2.75) is 31.1 Å². The van der Waals surface area contributed by atoms with Gasteiger partial charge in [-0.25, -0.2) is 13.1 Å². The van der Waals surface area contributed by atoms with Crippen LogP contribution < -0.4 is 4.72 Å². The number of hydrogen-bond donors (Lipinski definition) is 3. The van der Waals surface area contributed by atoms with Gasteiger partial charge in [0.25, 0.3) is 0 Å². The van der Waals surface area contributed by atoms with Crippen LogP contribution in [0.4, 0.5) is 0 Å². The zero-order chi connectivity index (χ0) is 15.9. The Morgan fingerprint density at radius 2 is 1.76 bits per heavy atom. The van der Waals surface area contributed by atoms with Gasteiger partial charge in [-0.1, -0.05) is 30.3 Å². The number of benzene rings is 1. The fourth-order valence-corrected chi connectivity index (χ4v) is 3.11. The highest BCUT2D eigenvalue weighted by molar-refractivity contribution is 7.88. The zero-order valence-electron chi connectivity index (χ0n) is 11.2. The van der Waals surface area contributed by atoms with Crippen molar-refractivity contribution < 1.29 is 28.2 Å². The second-order valence-corrected chi connectivity index (χ2v) is 6.29. The van der Waals surface area contributed by atoms with Gasteiger partial charge in [0.2, 0.25) is 10.0 Å². The summed E-state index contributed by atoms with van der Waals surface area (Å²) in [5.41, 5.74) is 0.541. The van der Waals surface area contributed by atoms with Gasteiger partial charge in [0.05, 0.1) is 5.75 Å². The maximum Gasteiger partial charge on any atom is 0.321 e. The third-order valence-corrected chi connectivity index (χ3v) is 4.06. The van der Waals surface area contributed by atoms with Crippen LogP contribution in [0.25, 0.3) is 0 Å². The summed E-state index contributed by atoms with van der Waals surface area (Å²) in [6, 6.07) is 7.05. The van der Waals surface area contributed by atoms with Crippen molar-refractivity contribution in [3.63, 3.8) is 0 Å². The van der Waals surface area contributed by atoms with Crippen molar-refractivity contribution >= 4 is 22.0 Å². The maximum atomic E-state index is 11.9. The molecular weight excluding hydrogens is 298 g/mol. The van der Waals surface area contributed by atoms with Crippen molar-refractivity contribution in [3.05, 3.63) is 35.9 Å². The zero-order valence-corrected chi connectivity index (χ0v) is 12.0. The Kier molecular flexibility index (Phi) is 6.32. The summed E-state index contributed by atoms with van der Waals surface area (Å²) >= 11 is 0. The minimum atomic E-state index is -3.81. The molecule has 0 saturated carbocycles. The van der Waals surface area contributed by atoms with Crippen LogP contribution in [0.15, 0.2) is 30.3 Å². The van der Waals surface area contributed by atoms with Gasteiger partial charge < -0.3 is 10.2 Å². The van der Waals surface area contributed by atoms with Crippen LogP contribution in [0, 0.1) is 0 Å². The number of carboxylic acid groups (broad SMARTS) is 2. The molecule has 1 atom stereocenters. The molecule has 0 aliphatic carbocycles. The Balaban J connectivity index is 2.64. The summed E-state index contributed by atoms with van der Waals surface area (Å²) in [6.07, 6.45) is -0.194. The Labute approximate surface area is 122 Å². The lowest BCUT2D eigenvalue weighted by atomic mass is 10.1. The molecule has 0 aliphatic rings. The molecule has 0 bridgehead atoms. The van der Waals surface area contributed by atoms with Crippen LogP contribution in [0.5, 0.6) is 0 Å². The highest BCUT2D eigenvalue weighted by Crippen LogP contribution is 2.08. The molecule has 0 spiro atoms. The average molecular weight is 315 g/mol. The van der Waals surface area contributed by atoms with Crippen LogP contribution in [0.3, 0.4) is 0 Å². The highest BCUT2D eigenvalue weighted by Gasteiger charge is 2.24.